The summed E-state index contributed by atoms with van der Waals surface area (Å²) in [7, 11) is 0. The highest BCUT2D eigenvalue weighted by Gasteiger charge is 2.25. The summed E-state index contributed by atoms with van der Waals surface area (Å²) >= 11 is 0. The molecule has 35 heavy (non-hydrogen) atoms. The number of hydrogen-bond acceptors (Lipinski definition) is 5. The van der Waals surface area contributed by atoms with Crippen LogP contribution in [0.5, 0.6) is 0 Å². The molecule has 0 spiro atoms. The molecular formula is C27H30FN5O2. The van der Waals surface area contributed by atoms with Crippen molar-refractivity contribution in [2.75, 3.05) is 22.1 Å². The molecule has 0 bridgehead atoms. The second-order valence-electron chi connectivity index (χ2n) is 8.62. The van der Waals surface area contributed by atoms with Gasteiger partial charge in [0.05, 0.1) is 0 Å². The van der Waals surface area contributed by atoms with Crippen molar-refractivity contribution in [1.82, 2.24) is 0 Å². The maximum atomic E-state index is 14.7. The summed E-state index contributed by atoms with van der Waals surface area (Å²) in [4.78, 5) is 15.4. The van der Waals surface area contributed by atoms with Crippen LogP contribution in [0.3, 0.4) is 0 Å². The fourth-order valence-electron chi connectivity index (χ4n) is 4.38. The zero-order chi connectivity index (χ0) is 24.8. The van der Waals surface area contributed by atoms with Gasteiger partial charge >= 0.3 is 0 Å². The van der Waals surface area contributed by atoms with E-state index >= 15 is 0 Å². The number of aryl methyl sites for hydroxylation is 1. The monoisotopic (exact) mass is 475 g/mol. The molecule has 0 saturated carbocycles. The summed E-state index contributed by atoms with van der Waals surface area (Å²) in [6, 6.07) is 18.2. The predicted molar refractivity (Wildman–Crippen MR) is 137 cm³/mol. The van der Waals surface area contributed by atoms with Gasteiger partial charge in [-0.2, -0.15) is 0 Å². The van der Waals surface area contributed by atoms with E-state index in [-0.39, 0.29) is 5.56 Å². The van der Waals surface area contributed by atoms with Crippen LogP contribution in [0.4, 0.5) is 21.5 Å². The minimum Gasteiger partial charge on any atom is -0.409 e. The number of anilines is 3. The molecule has 1 heterocycles. The van der Waals surface area contributed by atoms with Gasteiger partial charge in [0.15, 0.2) is 0 Å². The molecular weight excluding hydrogens is 445 g/mol. The summed E-state index contributed by atoms with van der Waals surface area (Å²) in [6.07, 6.45) is 2.72. The minimum atomic E-state index is -0.959. The van der Waals surface area contributed by atoms with Gasteiger partial charge in [-0.15, -0.1) is 0 Å². The Bertz CT molecular complexity index is 1230. The van der Waals surface area contributed by atoms with Gasteiger partial charge in [-0.3, -0.25) is 4.79 Å². The van der Waals surface area contributed by atoms with Gasteiger partial charge in [0.25, 0.3) is 5.91 Å². The topological polar surface area (TPSA) is 103 Å². The van der Waals surface area contributed by atoms with Gasteiger partial charge in [-0.25, -0.2) is 4.39 Å². The first-order chi connectivity index (χ1) is 17.0. The van der Waals surface area contributed by atoms with Gasteiger partial charge in [0, 0.05) is 42.1 Å². The van der Waals surface area contributed by atoms with Crippen LogP contribution in [0.25, 0.3) is 0 Å². The van der Waals surface area contributed by atoms with Crippen LogP contribution in [0.15, 0.2) is 71.9 Å². The molecule has 1 unspecified atom stereocenters. The first-order valence-corrected chi connectivity index (χ1v) is 11.7. The molecule has 182 valence electrons. The molecule has 4 rings (SSSR count). The number of benzene rings is 3. The predicted octanol–water partition coefficient (Wildman–Crippen LogP) is 5.16. The lowest BCUT2D eigenvalue weighted by Gasteiger charge is -2.30. The molecule has 1 aliphatic heterocycles. The van der Waals surface area contributed by atoms with E-state index in [2.05, 4.69) is 15.8 Å². The molecule has 0 radical (unpaired) electrons. The highest BCUT2D eigenvalue weighted by atomic mass is 19.1. The van der Waals surface area contributed by atoms with E-state index in [0.29, 0.717) is 23.8 Å². The second-order valence-corrected chi connectivity index (χ2v) is 8.62. The van der Waals surface area contributed by atoms with Gasteiger partial charge in [0.2, 0.25) is 0 Å². The van der Waals surface area contributed by atoms with E-state index in [1.807, 2.05) is 48.2 Å². The molecule has 3 aromatic carbocycles. The Morgan fingerprint density at radius 2 is 1.94 bits per heavy atom. The Balaban J connectivity index is 1.59. The Kier molecular flexibility index (Phi) is 7.62. The zero-order valence-corrected chi connectivity index (χ0v) is 19.7. The Morgan fingerprint density at radius 1 is 1.11 bits per heavy atom. The molecule has 1 fully saturated rings. The SMILES string of the molecule is Cc1cc(NC(=O)C(Nc2cccc(CN)c2)c2ccccc2F)ccc1N1CCCC/C1=N/O. The average molecular weight is 476 g/mol. The van der Waals surface area contributed by atoms with Crippen molar-refractivity contribution in [3.63, 3.8) is 0 Å². The van der Waals surface area contributed by atoms with Crippen LogP contribution in [0, 0.1) is 12.7 Å². The Morgan fingerprint density at radius 3 is 2.69 bits per heavy atom. The Labute approximate surface area is 204 Å². The maximum Gasteiger partial charge on any atom is 0.251 e. The molecule has 1 amide bonds. The van der Waals surface area contributed by atoms with E-state index < -0.39 is 17.8 Å². The summed E-state index contributed by atoms with van der Waals surface area (Å²) in [5.41, 5.74) is 10.0. The van der Waals surface area contributed by atoms with Crippen molar-refractivity contribution in [3.8, 4) is 0 Å². The number of nitrogens with two attached hydrogens (primary N) is 1. The van der Waals surface area contributed by atoms with Crippen molar-refractivity contribution < 1.29 is 14.4 Å². The van der Waals surface area contributed by atoms with Crippen molar-refractivity contribution in [3.05, 3.63) is 89.2 Å². The third-order valence-electron chi connectivity index (χ3n) is 6.17. The number of rotatable bonds is 7. The minimum absolute atomic E-state index is 0.244. The van der Waals surface area contributed by atoms with Crippen LogP contribution in [-0.2, 0) is 11.3 Å². The largest absolute Gasteiger partial charge is 0.409 e. The van der Waals surface area contributed by atoms with E-state index in [1.54, 1.807) is 24.3 Å². The summed E-state index contributed by atoms with van der Waals surface area (Å²) < 4.78 is 14.7. The third-order valence-corrected chi connectivity index (χ3v) is 6.17. The van der Waals surface area contributed by atoms with E-state index in [0.717, 1.165) is 42.6 Å². The number of hydrogen-bond donors (Lipinski definition) is 4. The van der Waals surface area contributed by atoms with E-state index in [4.69, 9.17) is 5.73 Å². The van der Waals surface area contributed by atoms with Crippen LogP contribution < -0.4 is 21.3 Å². The maximum absolute atomic E-state index is 14.7. The highest BCUT2D eigenvalue weighted by Crippen LogP contribution is 2.29. The number of nitrogens with one attached hydrogen (secondary N) is 2. The van der Waals surface area contributed by atoms with Crippen LogP contribution in [0.2, 0.25) is 0 Å². The van der Waals surface area contributed by atoms with Gasteiger partial charge in [-0.05, 0) is 67.3 Å². The van der Waals surface area contributed by atoms with E-state index in [1.165, 1.54) is 6.07 Å². The lowest BCUT2D eigenvalue weighted by atomic mass is 10.0. The molecule has 3 aromatic rings. The number of amidine groups is 1. The number of oxime groups is 1. The van der Waals surface area contributed by atoms with E-state index in [9.17, 15) is 14.4 Å². The number of carbonyl (C=O) groups is 1. The van der Waals surface area contributed by atoms with Gasteiger partial charge < -0.3 is 26.5 Å². The standard InChI is InChI=1S/C27H30FN5O2/c1-18-15-21(12-13-24(18)33-14-5-4-11-25(33)32-35)31-27(34)26(22-9-2-3-10-23(22)28)30-20-8-6-7-19(16-20)17-29/h2-3,6-10,12-13,15-16,26,30,35H,4-5,11,14,17,29H2,1H3,(H,31,34)/b32-25-. The molecule has 8 heteroatoms. The number of nitrogens with zero attached hydrogens (tertiary/aromatic N) is 2. The average Bonchev–Trinajstić information content (AvgIpc) is 2.88. The van der Waals surface area contributed by atoms with Crippen LogP contribution >= 0.6 is 0 Å². The molecule has 1 aliphatic rings. The number of carbonyl (C=O) groups excluding carboxylic acids is 1. The van der Waals surface area contributed by atoms with Crippen LogP contribution in [-0.4, -0.2) is 23.5 Å². The van der Waals surface area contributed by atoms with Gasteiger partial charge in [0.1, 0.15) is 17.7 Å². The summed E-state index contributed by atoms with van der Waals surface area (Å²) in [5, 5.41) is 18.9. The van der Waals surface area contributed by atoms with Crippen molar-refractivity contribution in [2.24, 2.45) is 10.9 Å². The van der Waals surface area contributed by atoms with Gasteiger partial charge in [-0.1, -0.05) is 35.5 Å². The molecule has 1 atom stereocenters. The van der Waals surface area contributed by atoms with Crippen molar-refractivity contribution >= 4 is 28.8 Å². The lowest BCUT2D eigenvalue weighted by Crippen LogP contribution is -2.36. The molecule has 1 saturated heterocycles. The fourth-order valence-corrected chi connectivity index (χ4v) is 4.38. The highest BCUT2D eigenvalue weighted by molar-refractivity contribution is 6.00. The first kappa shape index (κ1) is 24.2. The fraction of sp³-hybridized carbons (Fsp3) is 0.259. The molecule has 0 aromatic heterocycles. The number of piperidine rings is 1. The van der Waals surface area contributed by atoms with Crippen molar-refractivity contribution in [2.45, 2.75) is 38.8 Å². The quantitative estimate of drug-likeness (QED) is 0.279. The smallest absolute Gasteiger partial charge is 0.251 e. The molecule has 7 nitrogen and oxygen atoms in total. The molecule has 0 aliphatic carbocycles. The second kappa shape index (κ2) is 11.0. The Hall–Kier alpha value is -3.91. The normalized spacial score (nSPS) is 15.6. The number of halogens is 1. The van der Waals surface area contributed by atoms with Crippen molar-refractivity contribution in [1.29, 1.82) is 0 Å². The summed E-state index contributed by atoms with van der Waals surface area (Å²) in [5.74, 6) is -0.224. The lowest BCUT2D eigenvalue weighted by molar-refractivity contribution is -0.117. The number of amides is 1. The summed E-state index contributed by atoms with van der Waals surface area (Å²) in [6.45, 7) is 3.07. The molecule has 5 N–H and O–H groups in total. The zero-order valence-electron chi connectivity index (χ0n) is 19.7. The third kappa shape index (κ3) is 5.60. The first-order valence-electron chi connectivity index (χ1n) is 11.7. The van der Waals surface area contributed by atoms with Crippen LogP contribution in [0.1, 0.15) is 42.0 Å².